The molecule has 0 saturated carbocycles. The highest BCUT2D eigenvalue weighted by molar-refractivity contribution is 7.97. The van der Waals surface area contributed by atoms with Crippen LogP contribution in [0.15, 0.2) is 93.6 Å². The van der Waals surface area contributed by atoms with Crippen LogP contribution in [0.1, 0.15) is 22.3 Å². The number of hydrogen-bond acceptors (Lipinski definition) is 4. The fraction of sp³-hybridized carbons (Fsp3) is 0.200. The second-order valence-electron chi connectivity index (χ2n) is 9.12. The molecule has 0 fully saturated rings. The molecule has 0 aliphatic heterocycles. The molecular weight excluding hydrogens is 570 g/mol. The molecule has 0 aromatic heterocycles. The van der Waals surface area contributed by atoms with Crippen LogP contribution >= 0.6 is 0 Å². The Bertz CT molecular complexity index is 1380. The maximum Gasteiger partial charge on any atom is 0.422 e. The van der Waals surface area contributed by atoms with Crippen molar-refractivity contribution in [2.24, 2.45) is 0 Å². The molecule has 3 aromatic carbocycles. The minimum atomic E-state index is -4.94. The van der Waals surface area contributed by atoms with Crippen LogP contribution < -0.4 is 9.47 Å². The van der Waals surface area contributed by atoms with Gasteiger partial charge in [0.25, 0.3) is 0 Å². The van der Waals surface area contributed by atoms with Crippen molar-refractivity contribution < 1.29 is 45.4 Å². The maximum atomic E-state index is 12.9. The highest BCUT2D eigenvalue weighted by Gasteiger charge is 2.40. The van der Waals surface area contributed by atoms with E-state index in [0.29, 0.717) is 22.3 Å². The third-order valence-electron chi connectivity index (χ3n) is 5.88. The van der Waals surface area contributed by atoms with E-state index < -0.39 is 46.3 Å². The molecule has 4 nitrogen and oxygen atoms in total. The summed E-state index contributed by atoms with van der Waals surface area (Å²) in [5, 5.41) is 0. The predicted octanol–water partition coefficient (Wildman–Crippen LogP) is 8.06. The Morgan fingerprint density at radius 2 is 0.927 bits per heavy atom. The number of carbonyl (C=O) groups excluding carboxylic acids is 2. The van der Waals surface area contributed by atoms with E-state index in [0.717, 1.165) is 14.7 Å². The Morgan fingerprint density at radius 1 is 0.610 bits per heavy atom. The Balaban J connectivity index is 2.07. The van der Waals surface area contributed by atoms with Crippen molar-refractivity contribution in [3.05, 3.63) is 101 Å². The van der Waals surface area contributed by atoms with Gasteiger partial charge < -0.3 is 9.47 Å². The van der Waals surface area contributed by atoms with Crippen LogP contribution in [0.5, 0.6) is 11.5 Å². The van der Waals surface area contributed by atoms with Gasteiger partial charge in [-0.05, 0) is 62.1 Å². The Labute approximate surface area is 235 Å². The van der Waals surface area contributed by atoms with Gasteiger partial charge in [0, 0.05) is 24.3 Å². The van der Waals surface area contributed by atoms with E-state index in [1.165, 1.54) is 0 Å². The monoisotopic (exact) mass is 595 g/mol. The van der Waals surface area contributed by atoms with E-state index >= 15 is 0 Å². The molecule has 0 aliphatic carbocycles. The number of halogens is 6. The van der Waals surface area contributed by atoms with Crippen LogP contribution in [-0.2, 0) is 20.5 Å². The van der Waals surface area contributed by atoms with E-state index in [2.05, 4.69) is 13.2 Å². The third-order valence-corrected chi connectivity index (χ3v) is 8.04. The molecule has 41 heavy (non-hydrogen) atoms. The van der Waals surface area contributed by atoms with Crippen molar-refractivity contribution >= 4 is 22.8 Å². The third kappa shape index (κ3) is 7.21. The largest absolute Gasteiger partial charge is 0.422 e. The summed E-state index contributed by atoms with van der Waals surface area (Å²) in [7, 11) is -0.819. The lowest BCUT2D eigenvalue weighted by Crippen LogP contribution is -2.23. The molecule has 0 saturated heterocycles. The van der Waals surface area contributed by atoms with E-state index in [-0.39, 0.29) is 11.5 Å². The zero-order valence-electron chi connectivity index (χ0n) is 22.4. The number of carbonyl (C=O) groups is 2. The summed E-state index contributed by atoms with van der Waals surface area (Å²) in [6.07, 6.45) is -9.87. The van der Waals surface area contributed by atoms with Crippen LogP contribution in [0, 0.1) is 27.7 Å². The average molecular weight is 596 g/mol. The van der Waals surface area contributed by atoms with E-state index in [1.54, 1.807) is 52.0 Å². The minimum absolute atomic E-state index is 0.0275. The zero-order chi connectivity index (χ0) is 30.9. The van der Waals surface area contributed by atoms with Crippen molar-refractivity contribution in [2.75, 3.05) is 0 Å². The van der Waals surface area contributed by atoms with Gasteiger partial charge in [0.15, 0.2) is 14.7 Å². The number of hydrogen-bond donors (Lipinski definition) is 0. The Kier molecular flexibility index (Phi) is 9.12. The molecule has 0 spiro atoms. The summed E-state index contributed by atoms with van der Waals surface area (Å²) in [4.78, 5) is 26.4. The second kappa shape index (κ2) is 11.9. The molecule has 0 atom stereocenters. The van der Waals surface area contributed by atoms with Crippen LogP contribution in [0.25, 0.3) is 0 Å². The van der Waals surface area contributed by atoms with Gasteiger partial charge in [-0.3, -0.25) is 0 Å². The maximum absolute atomic E-state index is 12.9. The molecular formula is C30H25F6O4S+. The molecule has 0 radical (unpaired) electrons. The lowest BCUT2D eigenvalue weighted by Gasteiger charge is -2.17. The lowest BCUT2D eigenvalue weighted by atomic mass is 10.1. The Morgan fingerprint density at radius 3 is 1.22 bits per heavy atom. The topological polar surface area (TPSA) is 52.6 Å². The second-order valence-corrected chi connectivity index (χ2v) is 11.1. The van der Waals surface area contributed by atoms with Crippen LogP contribution in [0.4, 0.5) is 26.3 Å². The fourth-order valence-corrected chi connectivity index (χ4v) is 6.31. The number of rotatable bonds is 7. The van der Waals surface area contributed by atoms with Crippen molar-refractivity contribution in [3.8, 4) is 11.5 Å². The van der Waals surface area contributed by atoms with Gasteiger partial charge in [-0.15, -0.1) is 0 Å². The van der Waals surface area contributed by atoms with Gasteiger partial charge in [0.05, 0.1) is 10.9 Å². The minimum Gasteiger partial charge on any atom is -0.422 e. The van der Waals surface area contributed by atoms with Gasteiger partial charge in [-0.1, -0.05) is 31.4 Å². The molecule has 11 heteroatoms. The van der Waals surface area contributed by atoms with Gasteiger partial charge in [0.1, 0.15) is 22.6 Å². The first kappa shape index (κ1) is 31.5. The molecule has 216 valence electrons. The molecule has 0 heterocycles. The molecule has 3 aromatic rings. The zero-order valence-corrected chi connectivity index (χ0v) is 23.2. The normalized spacial score (nSPS) is 11.8. The van der Waals surface area contributed by atoms with Gasteiger partial charge in [-0.25, -0.2) is 9.59 Å². The molecule has 3 rings (SSSR count). The number of alkyl halides is 6. The Hall–Kier alpha value is -3.99. The number of ether oxygens (including phenoxy) is 2. The van der Waals surface area contributed by atoms with Crippen LogP contribution in [-0.4, -0.2) is 24.3 Å². The smallest absolute Gasteiger partial charge is 0.422 e. The van der Waals surface area contributed by atoms with Gasteiger partial charge in [0.2, 0.25) is 0 Å². The van der Waals surface area contributed by atoms with Crippen molar-refractivity contribution in [1.29, 1.82) is 0 Å². The lowest BCUT2D eigenvalue weighted by molar-refractivity contribution is -0.143. The van der Waals surface area contributed by atoms with Crippen LogP contribution in [0.3, 0.4) is 0 Å². The molecule has 0 amide bonds. The standard InChI is InChI=1S/C30H25F6O4S/c1-16-12-23(13-17(2)25(16)39-27(37)20(5)29(31,32)33)41(22-10-8-7-9-11-22)24-14-18(3)26(19(4)15-24)40-28(38)21(6)30(34,35)36/h7-15H,5-6H2,1-4H3/q+1. The summed E-state index contributed by atoms with van der Waals surface area (Å²) in [5.41, 5.74) is -1.64. The highest BCUT2D eigenvalue weighted by Crippen LogP contribution is 2.39. The summed E-state index contributed by atoms with van der Waals surface area (Å²) in [6.45, 7) is 11.9. The van der Waals surface area contributed by atoms with E-state index in [4.69, 9.17) is 9.47 Å². The summed E-state index contributed by atoms with van der Waals surface area (Å²) < 4.78 is 87.6. The molecule has 0 bridgehead atoms. The predicted molar refractivity (Wildman–Crippen MR) is 142 cm³/mol. The summed E-state index contributed by atoms with van der Waals surface area (Å²) >= 11 is 0. The highest BCUT2D eigenvalue weighted by atomic mass is 32.2. The molecule has 0 aliphatic rings. The first-order valence-corrected chi connectivity index (χ1v) is 13.1. The van der Waals surface area contributed by atoms with E-state index in [9.17, 15) is 35.9 Å². The summed E-state index contributed by atoms with van der Waals surface area (Å²) in [5.74, 6) is -3.27. The summed E-state index contributed by atoms with van der Waals surface area (Å²) in [6, 6.07) is 16.0. The van der Waals surface area contributed by atoms with E-state index in [1.807, 2.05) is 30.3 Å². The number of aryl methyl sites for hydroxylation is 4. The fourth-order valence-electron chi connectivity index (χ4n) is 3.88. The van der Waals surface area contributed by atoms with Crippen molar-refractivity contribution in [3.63, 3.8) is 0 Å². The van der Waals surface area contributed by atoms with Crippen LogP contribution in [0.2, 0.25) is 0 Å². The first-order valence-electron chi connectivity index (χ1n) is 11.9. The molecule has 0 N–H and O–H groups in total. The number of esters is 2. The van der Waals surface area contributed by atoms with Crippen molar-refractivity contribution in [2.45, 2.75) is 54.7 Å². The molecule has 0 unspecified atom stereocenters. The quantitative estimate of drug-likeness (QED) is 0.0912. The first-order chi connectivity index (χ1) is 18.9. The SMILES string of the molecule is C=C(C(=O)Oc1c(C)cc([S+](c2ccccc2)c2cc(C)c(OC(=O)C(=C)C(F)(F)F)c(C)c2)cc1C)C(F)(F)F. The average Bonchev–Trinajstić information content (AvgIpc) is 2.87. The van der Waals surface area contributed by atoms with Crippen molar-refractivity contribution in [1.82, 2.24) is 0 Å². The van der Waals surface area contributed by atoms with Gasteiger partial charge in [-0.2, -0.15) is 26.3 Å². The number of benzene rings is 3. The van der Waals surface area contributed by atoms with Gasteiger partial charge >= 0.3 is 24.3 Å².